The molecule has 94 valence electrons. The first-order valence-electron chi connectivity index (χ1n) is 6.11. The summed E-state index contributed by atoms with van der Waals surface area (Å²) in [5.74, 6) is -0.231. The standard InChI is InChI=1S/C14H22N2O/c1-10-7-8-11(2)12(9-10)13(15)5-3-4-6-14(16)17/h7-9,13H,3-6,15H2,1-2H3,(H2,16,17). The van der Waals surface area contributed by atoms with Crippen molar-refractivity contribution in [3.8, 4) is 0 Å². The van der Waals surface area contributed by atoms with Gasteiger partial charge in [-0.1, -0.05) is 30.2 Å². The van der Waals surface area contributed by atoms with Crippen LogP contribution in [0.2, 0.25) is 0 Å². The van der Waals surface area contributed by atoms with Crippen molar-refractivity contribution in [3.63, 3.8) is 0 Å². The van der Waals surface area contributed by atoms with Gasteiger partial charge in [0.05, 0.1) is 0 Å². The molecule has 1 amide bonds. The number of benzene rings is 1. The molecule has 17 heavy (non-hydrogen) atoms. The Bertz CT molecular complexity index is 388. The van der Waals surface area contributed by atoms with Crippen LogP contribution in [0.1, 0.15) is 48.4 Å². The number of carbonyl (C=O) groups excluding carboxylic acids is 1. The number of amides is 1. The van der Waals surface area contributed by atoms with Gasteiger partial charge in [-0.3, -0.25) is 4.79 Å². The van der Waals surface area contributed by atoms with Gasteiger partial charge in [0, 0.05) is 12.5 Å². The smallest absolute Gasteiger partial charge is 0.217 e. The summed E-state index contributed by atoms with van der Waals surface area (Å²) in [6.07, 6.45) is 3.13. The van der Waals surface area contributed by atoms with Gasteiger partial charge in [0.25, 0.3) is 0 Å². The highest BCUT2D eigenvalue weighted by molar-refractivity contribution is 5.73. The fourth-order valence-electron chi connectivity index (χ4n) is 1.98. The maximum atomic E-state index is 10.6. The Hall–Kier alpha value is -1.35. The highest BCUT2D eigenvalue weighted by atomic mass is 16.1. The molecule has 0 heterocycles. The molecule has 0 radical (unpaired) electrons. The first-order valence-corrected chi connectivity index (χ1v) is 6.11. The Morgan fingerprint density at radius 1 is 1.29 bits per heavy atom. The van der Waals surface area contributed by atoms with Crippen molar-refractivity contribution in [1.29, 1.82) is 0 Å². The Morgan fingerprint density at radius 2 is 2.00 bits per heavy atom. The number of carbonyl (C=O) groups is 1. The number of hydrogen-bond donors (Lipinski definition) is 2. The topological polar surface area (TPSA) is 69.1 Å². The summed E-state index contributed by atoms with van der Waals surface area (Å²) in [6, 6.07) is 6.41. The summed E-state index contributed by atoms with van der Waals surface area (Å²) in [4.78, 5) is 10.6. The summed E-state index contributed by atoms with van der Waals surface area (Å²) in [5, 5.41) is 0. The van der Waals surface area contributed by atoms with Crippen LogP contribution in [0, 0.1) is 13.8 Å². The van der Waals surface area contributed by atoms with Crippen molar-refractivity contribution >= 4 is 5.91 Å². The van der Waals surface area contributed by atoms with Crippen LogP contribution in [-0.4, -0.2) is 5.91 Å². The van der Waals surface area contributed by atoms with Crippen LogP contribution in [0.5, 0.6) is 0 Å². The number of nitrogens with two attached hydrogens (primary N) is 2. The van der Waals surface area contributed by atoms with Crippen LogP contribution in [0.4, 0.5) is 0 Å². The van der Waals surface area contributed by atoms with Crippen LogP contribution < -0.4 is 11.5 Å². The molecule has 0 aliphatic heterocycles. The van der Waals surface area contributed by atoms with Gasteiger partial charge >= 0.3 is 0 Å². The molecule has 3 heteroatoms. The second-order valence-electron chi connectivity index (χ2n) is 4.68. The zero-order valence-corrected chi connectivity index (χ0v) is 10.7. The monoisotopic (exact) mass is 234 g/mol. The van der Waals surface area contributed by atoms with E-state index in [-0.39, 0.29) is 11.9 Å². The normalized spacial score (nSPS) is 12.4. The fourth-order valence-corrected chi connectivity index (χ4v) is 1.98. The maximum absolute atomic E-state index is 10.6. The van der Waals surface area contributed by atoms with E-state index >= 15 is 0 Å². The average molecular weight is 234 g/mol. The lowest BCUT2D eigenvalue weighted by Crippen LogP contribution is -2.13. The molecule has 0 aliphatic carbocycles. The molecule has 0 aliphatic rings. The van der Waals surface area contributed by atoms with E-state index in [1.807, 2.05) is 0 Å². The van der Waals surface area contributed by atoms with E-state index in [4.69, 9.17) is 11.5 Å². The zero-order chi connectivity index (χ0) is 12.8. The predicted molar refractivity (Wildman–Crippen MR) is 70.5 cm³/mol. The first kappa shape index (κ1) is 13.7. The summed E-state index contributed by atoms with van der Waals surface area (Å²) in [6.45, 7) is 4.15. The molecule has 1 aromatic rings. The van der Waals surface area contributed by atoms with Crippen LogP contribution in [0.15, 0.2) is 18.2 Å². The average Bonchev–Trinajstić information content (AvgIpc) is 2.27. The second-order valence-corrected chi connectivity index (χ2v) is 4.68. The van der Waals surface area contributed by atoms with E-state index in [1.165, 1.54) is 16.7 Å². The molecule has 1 atom stereocenters. The van der Waals surface area contributed by atoms with Gasteiger partial charge in [0.1, 0.15) is 0 Å². The van der Waals surface area contributed by atoms with Gasteiger partial charge in [-0.15, -0.1) is 0 Å². The van der Waals surface area contributed by atoms with E-state index in [9.17, 15) is 4.79 Å². The summed E-state index contributed by atoms with van der Waals surface area (Å²) in [7, 11) is 0. The Kier molecular flexibility index (Phi) is 5.16. The van der Waals surface area contributed by atoms with E-state index in [0.29, 0.717) is 6.42 Å². The van der Waals surface area contributed by atoms with Gasteiger partial charge in [-0.2, -0.15) is 0 Å². The molecule has 1 rings (SSSR count). The van der Waals surface area contributed by atoms with Crippen LogP contribution in [-0.2, 0) is 4.79 Å². The van der Waals surface area contributed by atoms with Crippen molar-refractivity contribution in [2.75, 3.05) is 0 Å². The van der Waals surface area contributed by atoms with Gasteiger partial charge < -0.3 is 11.5 Å². The number of rotatable bonds is 6. The Labute approximate surface area is 103 Å². The Balaban J connectivity index is 2.49. The fraction of sp³-hybridized carbons (Fsp3) is 0.500. The van der Waals surface area contributed by atoms with Crippen molar-refractivity contribution in [1.82, 2.24) is 0 Å². The van der Waals surface area contributed by atoms with Gasteiger partial charge in [-0.25, -0.2) is 0 Å². The number of unbranched alkanes of at least 4 members (excludes halogenated alkanes) is 1. The third kappa shape index (κ3) is 4.57. The minimum Gasteiger partial charge on any atom is -0.370 e. The molecule has 0 bridgehead atoms. The summed E-state index contributed by atoms with van der Waals surface area (Å²) in [5.41, 5.74) is 14.9. The van der Waals surface area contributed by atoms with Crippen molar-refractivity contribution in [2.45, 2.75) is 45.6 Å². The minimum atomic E-state index is -0.231. The number of aryl methyl sites for hydroxylation is 2. The van der Waals surface area contributed by atoms with E-state index in [1.54, 1.807) is 0 Å². The molecule has 1 aromatic carbocycles. The molecular formula is C14H22N2O. The van der Waals surface area contributed by atoms with E-state index in [0.717, 1.165) is 19.3 Å². The highest BCUT2D eigenvalue weighted by Crippen LogP contribution is 2.21. The first-order chi connectivity index (χ1) is 8.00. The SMILES string of the molecule is Cc1ccc(C)c(C(N)CCCCC(N)=O)c1. The molecule has 3 nitrogen and oxygen atoms in total. The minimum absolute atomic E-state index is 0.0581. The third-order valence-electron chi connectivity index (χ3n) is 3.02. The van der Waals surface area contributed by atoms with E-state index in [2.05, 4.69) is 32.0 Å². The van der Waals surface area contributed by atoms with Crippen molar-refractivity contribution in [2.24, 2.45) is 11.5 Å². The van der Waals surface area contributed by atoms with Crippen molar-refractivity contribution < 1.29 is 4.79 Å². The lowest BCUT2D eigenvalue weighted by Gasteiger charge is -2.15. The quantitative estimate of drug-likeness (QED) is 0.742. The van der Waals surface area contributed by atoms with E-state index < -0.39 is 0 Å². The highest BCUT2D eigenvalue weighted by Gasteiger charge is 2.09. The van der Waals surface area contributed by atoms with Gasteiger partial charge in [-0.05, 0) is 37.8 Å². The van der Waals surface area contributed by atoms with Crippen LogP contribution >= 0.6 is 0 Å². The Morgan fingerprint density at radius 3 is 2.65 bits per heavy atom. The number of primary amides is 1. The molecule has 0 aromatic heterocycles. The second kappa shape index (κ2) is 6.40. The molecule has 1 unspecified atom stereocenters. The third-order valence-corrected chi connectivity index (χ3v) is 3.02. The van der Waals surface area contributed by atoms with Crippen molar-refractivity contribution in [3.05, 3.63) is 34.9 Å². The molecule has 4 N–H and O–H groups in total. The molecular weight excluding hydrogens is 212 g/mol. The lowest BCUT2D eigenvalue weighted by atomic mass is 9.95. The van der Waals surface area contributed by atoms with Crippen LogP contribution in [0.3, 0.4) is 0 Å². The van der Waals surface area contributed by atoms with Gasteiger partial charge in [0.15, 0.2) is 0 Å². The largest absolute Gasteiger partial charge is 0.370 e. The predicted octanol–water partition coefficient (Wildman–Crippen LogP) is 2.35. The summed E-state index contributed by atoms with van der Waals surface area (Å²) < 4.78 is 0. The zero-order valence-electron chi connectivity index (χ0n) is 10.7. The summed E-state index contributed by atoms with van der Waals surface area (Å²) >= 11 is 0. The molecule has 0 spiro atoms. The lowest BCUT2D eigenvalue weighted by molar-refractivity contribution is -0.118. The van der Waals surface area contributed by atoms with Crippen LogP contribution in [0.25, 0.3) is 0 Å². The van der Waals surface area contributed by atoms with Gasteiger partial charge in [0.2, 0.25) is 5.91 Å². The molecule has 0 saturated heterocycles. The number of hydrogen-bond acceptors (Lipinski definition) is 2. The molecule has 0 fully saturated rings. The maximum Gasteiger partial charge on any atom is 0.217 e. The molecule has 0 saturated carbocycles.